The van der Waals surface area contributed by atoms with Gasteiger partial charge in [0.2, 0.25) is 0 Å². The first-order chi connectivity index (χ1) is 11.8. The van der Waals surface area contributed by atoms with Crippen LogP contribution in [0.25, 0.3) is 0 Å². The summed E-state index contributed by atoms with van der Waals surface area (Å²) in [5, 5.41) is 16.3. The van der Waals surface area contributed by atoms with Crippen LogP contribution < -0.4 is 0 Å². The molecule has 7 nitrogen and oxygen atoms in total. The number of hydrogen-bond acceptors (Lipinski definition) is 4. The fourth-order valence-corrected chi connectivity index (χ4v) is 2.31. The molecule has 0 atom stereocenters. The highest BCUT2D eigenvalue weighted by Crippen LogP contribution is 2.30. The van der Waals surface area contributed by atoms with E-state index in [9.17, 15) is 18.0 Å². The van der Waals surface area contributed by atoms with Crippen LogP contribution in [0.15, 0.2) is 43.1 Å². The molecule has 1 N–H and O–H groups in total. The number of halogens is 3. The predicted octanol–water partition coefficient (Wildman–Crippen LogP) is 2.29. The Morgan fingerprint density at radius 1 is 1.08 bits per heavy atom. The third-order valence-electron chi connectivity index (χ3n) is 3.44. The van der Waals surface area contributed by atoms with E-state index in [2.05, 4.69) is 15.2 Å². The number of aromatic carboxylic acids is 1. The molecule has 0 amide bonds. The van der Waals surface area contributed by atoms with Gasteiger partial charge in [-0.1, -0.05) is 24.3 Å². The van der Waals surface area contributed by atoms with Crippen molar-refractivity contribution in [3.05, 3.63) is 65.5 Å². The molecular formula is C15H12F3N5O2. The van der Waals surface area contributed by atoms with E-state index in [0.717, 1.165) is 16.4 Å². The number of benzene rings is 1. The Labute approximate surface area is 139 Å². The quantitative estimate of drug-likeness (QED) is 0.762. The van der Waals surface area contributed by atoms with Gasteiger partial charge < -0.3 is 5.11 Å². The van der Waals surface area contributed by atoms with Gasteiger partial charge in [0.1, 0.15) is 18.2 Å². The van der Waals surface area contributed by atoms with Crippen LogP contribution in [0, 0.1) is 0 Å². The molecule has 130 valence electrons. The minimum Gasteiger partial charge on any atom is -0.478 e. The van der Waals surface area contributed by atoms with E-state index < -0.39 is 23.4 Å². The van der Waals surface area contributed by atoms with E-state index >= 15 is 0 Å². The Kier molecular flexibility index (Phi) is 4.26. The number of nitrogens with zero attached hydrogens (tertiary/aromatic N) is 5. The minimum atomic E-state index is -4.82. The largest absolute Gasteiger partial charge is 0.478 e. The number of aromatic nitrogens is 5. The predicted molar refractivity (Wildman–Crippen MR) is 78.9 cm³/mol. The van der Waals surface area contributed by atoms with Crippen molar-refractivity contribution in [2.45, 2.75) is 19.3 Å². The van der Waals surface area contributed by atoms with Gasteiger partial charge in [0.15, 0.2) is 5.69 Å². The maximum Gasteiger partial charge on any atom is 0.436 e. The summed E-state index contributed by atoms with van der Waals surface area (Å²) >= 11 is 0. The number of carboxylic acids is 1. The first-order valence-corrected chi connectivity index (χ1v) is 7.11. The van der Waals surface area contributed by atoms with Crippen molar-refractivity contribution in [2.75, 3.05) is 0 Å². The zero-order valence-corrected chi connectivity index (χ0v) is 12.7. The smallest absolute Gasteiger partial charge is 0.436 e. The summed E-state index contributed by atoms with van der Waals surface area (Å²) in [6, 6.07) is 7.09. The molecule has 0 saturated carbocycles. The lowest BCUT2D eigenvalue weighted by Gasteiger charge is -2.05. The molecule has 0 unspecified atom stereocenters. The Hall–Kier alpha value is -3.17. The molecule has 0 aliphatic rings. The van der Waals surface area contributed by atoms with E-state index in [1.165, 1.54) is 6.33 Å². The lowest BCUT2D eigenvalue weighted by molar-refractivity contribution is -0.142. The first-order valence-electron chi connectivity index (χ1n) is 7.11. The fraction of sp³-hybridized carbons (Fsp3) is 0.200. The number of rotatable bonds is 5. The molecule has 0 saturated heterocycles. The van der Waals surface area contributed by atoms with Gasteiger partial charge in [0, 0.05) is 6.20 Å². The second-order valence-electron chi connectivity index (χ2n) is 5.30. The molecule has 2 heterocycles. The maximum atomic E-state index is 12.8. The molecule has 0 bridgehead atoms. The zero-order chi connectivity index (χ0) is 18.0. The van der Waals surface area contributed by atoms with E-state index in [-0.39, 0.29) is 6.54 Å². The molecule has 0 aliphatic carbocycles. The van der Waals surface area contributed by atoms with Crippen LogP contribution in [0.1, 0.15) is 27.2 Å². The van der Waals surface area contributed by atoms with Crippen molar-refractivity contribution in [1.29, 1.82) is 0 Å². The highest BCUT2D eigenvalue weighted by Gasteiger charge is 2.39. The molecule has 0 radical (unpaired) electrons. The van der Waals surface area contributed by atoms with Gasteiger partial charge in [-0.05, 0) is 11.1 Å². The highest BCUT2D eigenvalue weighted by molar-refractivity contribution is 5.88. The van der Waals surface area contributed by atoms with E-state index in [4.69, 9.17) is 5.11 Å². The Balaban J connectivity index is 1.77. The molecule has 3 aromatic rings. The summed E-state index contributed by atoms with van der Waals surface area (Å²) in [6.45, 7) is 0.545. The molecule has 0 aliphatic heterocycles. The van der Waals surface area contributed by atoms with Gasteiger partial charge in [-0.25, -0.2) is 14.5 Å². The Morgan fingerprint density at radius 3 is 2.12 bits per heavy atom. The summed E-state index contributed by atoms with van der Waals surface area (Å²) in [5.41, 5.74) is -0.634. The van der Waals surface area contributed by atoms with Gasteiger partial charge in [-0.3, -0.25) is 4.68 Å². The van der Waals surface area contributed by atoms with Crippen LogP contribution in [-0.4, -0.2) is 35.6 Å². The highest BCUT2D eigenvalue weighted by atomic mass is 19.4. The van der Waals surface area contributed by atoms with Crippen molar-refractivity contribution in [3.8, 4) is 0 Å². The molecule has 0 spiro atoms. The van der Waals surface area contributed by atoms with E-state index in [1.54, 1.807) is 23.1 Å². The molecule has 10 heteroatoms. The summed E-state index contributed by atoms with van der Waals surface area (Å²) < 4.78 is 41.1. The second kappa shape index (κ2) is 6.38. The van der Waals surface area contributed by atoms with Crippen LogP contribution in [0.3, 0.4) is 0 Å². The molecule has 25 heavy (non-hydrogen) atoms. The minimum absolute atomic E-state index is 0.0277. The summed E-state index contributed by atoms with van der Waals surface area (Å²) in [4.78, 5) is 14.8. The average molecular weight is 351 g/mol. The topological polar surface area (TPSA) is 85.8 Å². The molecular weight excluding hydrogens is 339 g/mol. The van der Waals surface area contributed by atoms with Gasteiger partial charge in [-0.2, -0.15) is 23.4 Å². The van der Waals surface area contributed by atoms with E-state index in [1.807, 2.05) is 12.1 Å². The van der Waals surface area contributed by atoms with Crippen molar-refractivity contribution in [2.24, 2.45) is 0 Å². The monoisotopic (exact) mass is 351 g/mol. The van der Waals surface area contributed by atoms with Crippen molar-refractivity contribution in [3.63, 3.8) is 0 Å². The zero-order valence-electron chi connectivity index (χ0n) is 12.7. The maximum absolute atomic E-state index is 12.8. The average Bonchev–Trinajstić information content (AvgIpc) is 3.18. The second-order valence-corrected chi connectivity index (χ2v) is 5.30. The van der Waals surface area contributed by atoms with Crippen molar-refractivity contribution >= 4 is 5.97 Å². The molecule has 1 aromatic carbocycles. The normalized spacial score (nSPS) is 11.6. The first kappa shape index (κ1) is 16.7. The standard InChI is InChI=1S/C15H12F3N5O2/c16-15(17,18)13-12(14(24)25)7-22(21-13)5-10-1-3-11(4-2-10)6-23-9-19-8-20-23/h1-4,7-9H,5-6H2,(H,24,25). The Morgan fingerprint density at radius 2 is 1.68 bits per heavy atom. The Bertz CT molecular complexity index is 870. The number of alkyl halides is 3. The van der Waals surface area contributed by atoms with Gasteiger partial charge >= 0.3 is 12.1 Å². The summed E-state index contributed by atoms with van der Waals surface area (Å²) in [5.74, 6) is -1.67. The summed E-state index contributed by atoms with van der Waals surface area (Å²) in [6.07, 6.45) is -0.941. The van der Waals surface area contributed by atoms with Gasteiger partial charge in [0.25, 0.3) is 0 Å². The van der Waals surface area contributed by atoms with Crippen LogP contribution in [0.4, 0.5) is 13.2 Å². The molecule has 0 fully saturated rings. The molecule has 2 aromatic heterocycles. The number of carboxylic acid groups (broad SMARTS) is 1. The third-order valence-corrected chi connectivity index (χ3v) is 3.44. The lowest BCUT2D eigenvalue weighted by atomic mass is 10.1. The van der Waals surface area contributed by atoms with Crippen molar-refractivity contribution < 1.29 is 23.1 Å². The van der Waals surface area contributed by atoms with E-state index in [0.29, 0.717) is 12.1 Å². The van der Waals surface area contributed by atoms with Crippen LogP contribution in [-0.2, 0) is 19.3 Å². The van der Waals surface area contributed by atoms with Crippen molar-refractivity contribution in [1.82, 2.24) is 24.5 Å². The number of carbonyl (C=O) groups is 1. The molecule has 3 rings (SSSR count). The SMILES string of the molecule is O=C(O)c1cn(Cc2ccc(Cn3cncn3)cc2)nc1C(F)(F)F. The van der Waals surface area contributed by atoms with Gasteiger partial charge in [0.05, 0.1) is 13.1 Å². The fourth-order valence-electron chi connectivity index (χ4n) is 2.31. The summed E-state index contributed by atoms with van der Waals surface area (Å²) in [7, 11) is 0. The van der Waals surface area contributed by atoms with Gasteiger partial charge in [-0.15, -0.1) is 0 Å². The third kappa shape index (κ3) is 3.84. The lowest BCUT2D eigenvalue weighted by Crippen LogP contribution is -2.12. The van der Waals surface area contributed by atoms with Crippen LogP contribution >= 0.6 is 0 Å². The number of hydrogen-bond donors (Lipinski definition) is 1. The van der Waals surface area contributed by atoms with Crippen LogP contribution in [0.2, 0.25) is 0 Å². The van der Waals surface area contributed by atoms with Crippen LogP contribution in [0.5, 0.6) is 0 Å².